The van der Waals surface area contributed by atoms with E-state index >= 15 is 0 Å². The maximum absolute atomic E-state index is 12.6. The summed E-state index contributed by atoms with van der Waals surface area (Å²) in [4.78, 5) is 17.0. The van der Waals surface area contributed by atoms with E-state index in [1.807, 2.05) is 73.3 Å². The molecule has 6 nitrogen and oxygen atoms in total. The Kier molecular flexibility index (Phi) is 5.22. The predicted octanol–water partition coefficient (Wildman–Crippen LogP) is 3.65. The molecule has 3 aromatic rings. The smallest absolute Gasteiger partial charge is 0.320 e. The van der Waals surface area contributed by atoms with Crippen LogP contribution in [0.1, 0.15) is 23.0 Å². The van der Waals surface area contributed by atoms with Gasteiger partial charge in [0.15, 0.2) is 0 Å². The molecule has 0 spiro atoms. The standard InChI is InChI=1S/C20H22N4O2/c1-14-6-4-8-16(12-14)22-20(25)23-18(19-21-10-11-24(19)2)15-7-5-9-17(13-15)26-3/h4-13,18H,1-3H3,(H2,22,23,25)/t18-/m0/s1. The molecule has 2 N–H and O–H groups in total. The minimum atomic E-state index is -0.407. The van der Waals surface area contributed by atoms with E-state index in [1.54, 1.807) is 13.3 Å². The highest BCUT2D eigenvalue weighted by Crippen LogP contribution is 2.24. The third kappa shape index (κ3) is 4.03. The van der Waals surface area contributed by atoms with Crippen LogP contribution in [0.15, 0.2) is 60.9 Å². The number of urea groups is 1. The van der Waals surface area contributed by atoms with Crippen molar-refractivity contribution in [3.05, 3.63) is 77.9 Å². The number of carbonyl (C=O) groups excluding carboxylic acids is 1. The first-order valence-electron chi connectivity index (χ1n) is 8.32. The highest BCUT2D eigenvalue weighted by molar-refractivity contribution is 5.89. The maximum atomic E-state index is 12.6. The second kappa shape index (κ2) is 7.74. The van der Waals surface area contributed by atoms with E-state index < -0.39 is 6.04 Å². The molecule has 26 heavy (non-hydrogen) atoms. The lowest BCUT2D eigenvalue weighted by atomic mass is 10.1. The molecule has 0 saturated carbocycles. The number of methoxy groups -OCH3 is 1. The zero-order valence-electron chi connectivity index (χ0n) is 15.1. The van der Waals surface area contributed by atoms with Crippen LogP contribution in [0.4, 0.5) is 10.5 Å². The number of imidazole rings is 1. The van der Waals surface area contributed by atoms with Crippen LogP contribution >= 0.6 is 0 Å². The largest absolute Gasteiger partial charge is 0.497 e. The topological polar surface area (TPSA) is 68.2 Å². The average molecular weight is 350 g/mol. The van der Waals surface area contributed by atoms with Crippen LogP contribution in [0, 0.1) is 6.92 Å². The van der Waals surface area contributed by atoms with Gasteiger partial charge in [0.2, 0.25) is 0 Å². The summed E-state index contributed by atoms with van der Waals surface area (Å²) in [5.74, 6) is 1.46. The van der Waals surface area contributed by atoms with Crippen LogP contribution in [0.25, 0.3) is 0 Å². The summed E-state index contributed by atoms with van der Waals surface area (Å²) in [6.07, 6.45) is 3.56. The first-order chi connectivity index (χ1) is 12.6. The Morgan fingerprint density at radius 2 is 2.00 bits per heavy atom. The van der Waals surface area contributed by atoms with Crippen molar-refractivity contribution < 1.29 is 9.53 Å². The molecule has 0 aliphatic carbocycles. The van der Waals surface area contributed by atoms with Gasteiger partial charge in [-0.2, -0.15) is 0 Å². The van der Waals surface area contributed by atoms with E-state index in [9.17, 15) is 4.79 Å². The number of rotatable bonds is 5. The fourth-order valence-electron chi connectivity index (χ4n) is 2.79. The number of aryl methyl sites for hydroxylation is 2. The molecule has 2 aromatic carbocycles. The van der Waals surface area contributed by atoms with Crippen LogP contribution < -0.4 is 15.4 Å². The lowest BCUT2D eigenvalue weighted by Gasteiger charge is -2.20. The first kappa shape index (κ1) is 17.5. The zero-order chi connectivity index (χ0) is 18.5. The predicted molar refractivity (Wildman–Crippen MR) is 101 cm³/mol. The third-order valence-electron chi connectivity index (χ3n) is 4.10. The number of anilines is 1. The second-order valence-corrected chi connectivity index (χ2v) is 6.07. The lowest BCUT2D eigenvalue weighted by Crippen LogP contribution is -2.34. The molecule has 2 amide bonds. The van der Waals surface area contributed by atoms with Crippen LogP contribution in [0.2, 0.25) is 0 Å². The molecule has 3 rings (SSSR count). The van der Waals surface area contributed by atoms with E-state index in [4.69, 9.17) is 4.74 Å². The molecule has 0 unspecified atom stereocenters. The van der Waals surface area contributed by atoms with Crippen molar-refractivity contribution in [3.63, 3.8) is 0 Å². The van der Waals surface area contributed by atoms with Crippen molar-refractivity contribution in [2.45, 2.75) is 13.0 Å². The Balaban J connectivity index is 1.86. The quantitative estimate of drug-likeness (QED) is 0.738. The van der Waals surface area contributed by atoms with E-state index in [-0.39, 0.29) is 6.03 Å². The van der Waals surface area contributed by atoms with E-state index in [2.05, 4.69) is 15.6 Å². The van der Waals surface area contributed by atoms with Gasteiger partial charge >= 0.3 is 6.03 Å². The maximum Gasteiger partial charge on any atom is 0.320 e. The average Bonchev–Trinajstić information content (AvgIpc) is 3.05. The van der Waals surface area contributed by atoms with Gasteiger partial charge in [0, 0.05) is 25.1 Å². The molecular formula is C20H22N4O2. The van der Waals surface area contributed by atoms with Gasteiger partial charge in [-0.25, -0.2) is 9.78 Å². The third-order valence-corrected chi connectivity index (χ3v) is 4.10. The summed E-state index contributed by atoms with van der Waals surface area (Å²) in [6.45, 7) is 1.98. The molecule has 1 atom stereocenters. The Hall–Kier alpha value is -3.28. The Bertz CT molecular complexity index is 904. The van der Waals surface area contributed by atoms with Gasteiger partial charge < -0.3 is 19.9 Å². The van der Waals surface area contributed by atoms with Crippen molar-refractivity contribution in [1.29, 1.82) is 0 Å². The number of hydrogen-bond donors (Lipinski definition) is 2. The molecule has 0 fully saturated rings. The summed E-state index contributed by atoms with van der Waals surface area (Å²) in [5, 5.41) is 5.88. The summed E-state index contributed by atoms with van der Waals surface area (Å²) in [5.41, 5.74) is 2.71. The molecule has 0 radical (unpaired) electrons. The molecule has 0 saturated heterocycles. The van der Waals surface area contributed by atoms with E-state index in [1.165, 1.54) is 0 Å². The van der Waals surface area contributed by atoms with E-state index in [0.29, 0.717) is 0 Å². The summed E-state index contributed by atoms with van der Waals surface area (Å²) >= 11 is 0. The number of nitrogens with one attached hydrogen (secondary N) is 2. The van der Waals surface area contributed by atoms with Crippen molar-refractivity contribution in [3.8, 4) is 5.75 Å². The van der Waals surface area contributed by atoms with Crippen molar-refractivity contribution in [1.82, 2.24) is 14.9 Å². The fraction of sp³-hybridized carbons (Fsp3) is 0.200. The van der Waals surface area contributed by atoms with Crippen molar-refractivity contribution in [2.24, 2.45) is 7.05 Å². The number of benzene rings is 2. The highest BCUT2D eigenvalue weighted by atomic mass is 16.5. The second-order valence-electron chi connectivity index (χ2n) is 6.07. The van der Waals surface area contributed by atoms with Gasteiger partial charge in [0.25, 0.3) is 0 Å². The lowest BCUT2D eigenvalue weighted by molar-refractivity contribution is 0.249. The summed E-state index contributed by atoms with van der Waals surface area (Å²) < 4.78 is 7.20. The van der Waals surface area contributed by atoms with Gasteiger partial charge in [-0.05, 0) is 42.3 Å². The van der Waals surface area contributed by atoms with Gasteiger partial charge in [0.05, 0.1) is 7.11 Å². The Morgan fingerprint density at radius 1 is 1.19 bits per heavy atom. The Morgan fingerprint density at radius 3 is 2.69 bits per heavy atom. The number of aromatic nitrogens is 2. The van der Waals surface area contributed by atoms with Gasteiger partial charge in [0.1, 0.15) is 17.6 Å². The van der Waals surface area contributed by atoms with E-state index in [0.717, 1.165) is 28.4 Å². The molecule has 0 aliphatic rings. The van der Waals surface area contributed by atoms with Crippen LogP contribution in [0.3, 0.4) is 0 Å². The van der Waals surface area contributed by atoms with Gasteiger partial charge in [-0.3, -0.25) is 0 Å². The number of nitrogens with zero attached hydrogens (tertiary/aromatic N) is 2. The molecule has 134 valence electrons. The highest BCUT2D eigenvalue weighted by Gasteiger charge is 2.21. The molecule has 0 bridgehead atoms. The monoisotopic (exact) mass is 350 g/mol. The first-order valence-corrected chi connectivity index (χ1v) is 8.32. The van der Waals surface area contributed by atoms with Crippen molar-refractivity contribution >= 4 is 11.7 Å². The summed E-state index contributed by atoms with van der Waals surface area (Å²) in [7, 11) is 3.52. The molecule has 0 aliphatic heterocycles. The number of ether oxygens (including phenoxy) is 1. The fourth-order valence-corrected chi connectivity index (χ4v) is 2.79. The van der Waals surface area contributed by atoms with Crippen molar-refractivity contribution in [2.75, 3.05) is 12.4 Å². The van der Waals surface area contributed by atoms with Crippen LogP contribution in [-0.2, 0) is 7.05 Å². The number of hydrogen-bond acceptors (Lipinski definition) is 3. The molecular weight excluding hydrogens is 328 g/mol. The Labute approximate surface area is 152 Å². The zero-order valence-corrected chi connectivity index (χ0v) is 15.1. The molecule has 1 aromatic heterocycles. The van der Waals surface area contributed by atoms with Crippen LogP contribution in [-0.4, -0.2) is 22.7 Å². The van der Waals surface area contributed by atoms with Gasteiger partial charge in [-0.1, -0.05) is 24.3 Å². The SMILES string of the molecule is COc1cccc([C@H](NC(=O)Nc2cccc(C)c2)c2nccn2C)c1. The minimum Gasteiger partial charge on any atom is -0.497 e. The summed E-state index contributed by atoms with van der Waals surface area (Å²) in [6, 6.07) is 14.5. The molecule has 6 heteroatoms. The number of amides is 2. The minimum absolute atomic E-state index is 0.300. The number of carbonyl (C=O) groups is 1. The molecule has 1 heterocycles. The normalized spacial score (nSPS) is 11.7. The van der Waals surface area contributed by atoms with Gasteiger partial charge in [-0.15, -0.1) is 0 Å². The van der Waals surface area contributed by atoms with Crippen LogP contribution in [0.5, 0.6) is 5.75 Å².